The Kier molecular flexibility index (Phi) is 6.32. The van der Waals surface area contributed by atoms with Crippen LogP contribution in [0, 0.1) is 5.82 Å². The Balaban J connectivity index is 1.62. The molecule has 116 valence electrons. The second kappa shape index (κ2) is 8.24. The van der Waals surface area contributed by atoms with E-state index in [0.717, 1.165) is 37.4 Å². The highest BCUT2D eigenvalue weighted by Crippen LogP contribution is 2.19. The molecule has 2 rings (SSSR count). The maximum Gasteiger partial charge on any atom is 0.224 e. The monoisotopic (exact) mass is 312 g/mol. The number of ether oxygens (including phenoxy) is 1. The Hall–Kier alpha value is -1.27. The minimum atomic E-state index is -0.467. The first-order valence-electron chi connectivity index (χ1n) is 7.19. The number of amides is 1. The molecule has 0 spiro atoms. The van der Waals surface area contributed by atoms with Gasteiger partial charge in [-0.15, -0.1) is 0 Å². The number of rotatable bonds is 7. The number of nitrogen functional groups attached to an aromatic ring is 1. The fourth-order valence-electron chi connectivity index (χ4n) is 2.18. The number of halogens is 1. The summed E-state index contributed by atoms with van der Waals surface area (Å²) in [6.45, 7) is 0.874. The second-order valence-corrected chi connectivity index (χ2v) is 6.25. The molecule has 0 bridgehead atoms. The third-order valence-electron chi connectivity index (χ3n) is 3.28. The molecule has 0 aliphatic carbocycles. The van der Waals surface area contributed by atoms with Crippen molar-refractivity contribution in [2.24, 2.45) is 0 Å². The Labute approximate surface area is 128 Å². The minimum absolute atomic E-state index is 0.145. The number of thioether (sulfide) groups is 1. The molecule has 1 aliphatic rings. The van der Waals surface area contributed by atoms with Gasteiger partial charge < -0.3 is 15.8 Å². The van der Waals surface area contributed by atoms with E-state index in [2.05, 4.69) is 5.32 Å². The molecule has 1 atom stereocenters. The minimum Gasteiger partial charge on any atom is -0.399 e. The van der Waals surface area contributed by atoms with E-state index >= 15 is 0 Å². The number of hydrogen-bond donors (Lipinski definition) is 2. The van der Waals surface area contributed by atoms with Crippen molar-refractivity contribution in [3.05, 3.63) is 24.0 Å². The molecule has 1 saturated heterocycles. The van der Waals surface area contributed by atoms with Gasteiger partial charge in [-0.1, -0.05) is 0 Å². The van der Waals surface area contributed by atoms with Crippen LogP contribution in [0.4, 0.5) is 15.8 Å². The highest BCUT2D eigenvalue weighted by Gasteiger charge is 2.15. The highest BCUT2D eigenvalue weighted by molar-refractivity contribution is 7.99. The molecule has 0 radical (unpaired) electrons. The van der Waals surface area contributed by atoms with Crippen molar-refractivity contribution in [2.75, 3.05) is 29.2 Å². The van der Waals surface area contributed by atoms with Gasteiger partial charge in [0.25, 0.3) is 0 Å². The average Bonchev–Trinajstić information content (AvgIpc) is 2.96. The summed E-state index contributed by atoms with van der Waals surface area (Å²) in [4.78, 5) is 11.7. The average molecular weight is 312 g/mol. The Morgan fingerprint density at radius 3 is 3.14 bits per heavy atom. The van der Waals surface area contributed by atoms with Crippen molar-refractivity contribution in [1.82, 2.24) is 0 Å². The van der Waals surface area contributed by atoms with Crippen molar-refractivity contribution in [3.8, 4) is 0 Å². The van der Waals surface area contributed by atoms with Crippen molar-refractivity contribution in [1.29, 1.82) is 0 Å². The first-order valence-corrected chi connectivity index (χ1v) is 8.35. The SMILES string of the molecule is Nc1ccc(F)c(NC(=O)CCCSCC2CCCO2)c1. The predicted molar refractivity (Wildman–Crippen MR) is 85.0 cm³/mol. The zero-order chi connectivity index (χ0) is 15.1. The summed E-state index contributed by atoms with van der Waals surface area (Å²) in [7, 11) is 0. The number of carbonyl (C=O) groups is 1. The van der Waals surface area contributed by atoms with E-state index in [9.17, 15) is 9.18 Å². The third kappa shape index (κ3) is 5.55. The second-order valence-electron chi connectivity index (χ2n) is 5.10. The molecule has 1 amide bonds. The smallest absolute Gasteiger partial charge is 0.224 e. The maximum absolute atomic E-state index is 13.5. The lowest BCUT2D eigenvalue weighted by Gasteiger charge is -2.09. The molecule has 3 N–H and O–H groups in total. The van der Waals surface area contributed by atoms with E-state index < -0.39 is 5.82 Å². The van der Waals surface area contributed by atoms with Crippen molar-refractivity contribution in [2.45, 2.75) is 31.8 Å². The lowest BCUT2D eigenvalue weighted by molar-refractivity contribution is -0.116. The Bertz CT molecular complexity index is 479. The molecular formula is C15H21FN2O2S. The van der Waals surface area contributed by atoms with Crippen LogP contribution in [0.25, 0.3) is 0 Å². The topological polar surface area (TPSA) is 64.3 Å². The molecule has 21 heavy (non-hydrogen) atoms. The Morgan fingerprint density at radius 2 is 2.38 bits per heavy atom. The summed E-state index contributed by atoms with van der Waals surface area (Å²) in [6, 6.07) is 4.15. The number of anilines is 2. The van der Waals surface area contributed by atoms with Gasteiger partial charge in [-0.25, -0.2) is 4.39 Å². The lowest BCUT2D eigenvalue weighted by Crippen LogP contribution is -2.13. The number of hydrogen-bond acceptors (Lipinski definition) is 4. The van der Waals surface area contributed by atoms with Crippen molar-refractivity contribution < 1.29 is 13.9 Å². The van der Waals surface area contributed by atoms with E-state index in [-0.39, 0.29) is 11.6 Å². The van der Waals surface area contributed by atoms with Crippen molar-refractivity contribution in [3.63, 3.8) is 0 Å². The first kappa shape index (κ1) is 16.1. The standard InChI is InChI=1S/C15H21FN2O2S/c16-13-6-5-11(17)9-14(13)18-15(19)4-2-8-21-10-12-3-1-7-20-12/h5-6,9,12H,1-4,7-8,10,17H2,(H,18,19). The van der Waals surface area contributed by atoms with E-state index in [1.165, 1.54) is 18.2 Å². The van der Waals surface area contributed by atoms with E-state index in [4.69, 9.17) is 10.5 Å². The van der Waals surface area contributed by atoms with Crippen LogP contribution < -0.4 is 11.1 Å². The van der Waals surface area contributed by atoms with Gasteiger partial charge in [0.05, 0.1) is 11.8 Å². The van der Waals surface area contributed by atoms with Crippen LogP contribution in [0.15, 0.2) is 18.2 Å². The molecular weight excluding hydrogens is 291 g/mol. The summed E-state index contributed by atoms with van der Waals surface area (Å²) in [5, 5.41) is 2.56. The quantitative estimate of drug-likeness (QED) is 0.600. The molecule has 0 saturated carbocycles. The van der Waals surface area contributed by atoms with Gasteiger partial charge in [-0.3, -0.25) is 4.79 Å². The summed E-state index contributed by atoms with van der Waals surface area (Å²) in [5.41, 5.74) is 6.14. The van der Waals surface area contributed by atoms with Gasteiger partial charge in [0.2, 0.25) is 5.91 Å². The zero-order valence-corrected chi connectivity index (χ0v) is 12.8. The molecule has 1 heterocycles. The van der Waals surface area contributed by atoms with Crippen LogP contribution in [0.2, 0.25) is 0 Å². The summed E-state index contributed by atoms with van der Waals surface area (Å²) >= 11 is 1.81. The molecule has 0 aromatic heterocycles. The Morgan fingerprint density at radius 1 is 1.52 bits per heavy atom. The number of benzene rings is 1. The molecule has 1 unspecified atom stereocenters. The molecule has 1 aromatic carbocycles. The fraction of sp³-hybridized carbons (Fsp3) is 0.533. The van der Waals surface area contributed by atoms with Crippen LogP contribution in [-0.4, -0.2) is 30.1 Å². The van der Waals surface area contributed by atoms with Gasteiger partial charge in [0.1, 0.15) is 5.82 Å². The molecule has 1 aliphatic heterocycles. The number of carbonyl (C=O) groups excluding carboxylic acids is 1. The normalized spacial score (nSPS) is 17.9. The zero-order valence-electron chi connectivity index (χ0n) is 11.9. The molecule has 6 heteroatoms. The molecule has 1 aromatic rings. The van der Waals surface area contributed by atoms with Gasteiger partial charge in [-0.2, -0.15) is 11.8 Å². The number of nitrogens with two attached hydrogens (primary N) is 1. The fourth-order valence-corrected chi connectivity index (χ4v) is 3.22. The van der Waals surface area contributed by atoms with E-state index in [1.807, 2.05) is 0 Å². The van der Waals surface area contributed by atoms with Crippen LogP contribution in [0.1, 0.15) is 25.7 Å². The maximum atomic E-state index is 13.5. The van der Waals surface area contributed by atoms with Crippen LogP contribution in [0.3, 0.4) is 0 Å². The van der Waals surface area contributed by atoms with Gasteiger partial charge >= 0.3 is 0 Å². The number of nitrogens with one attached hydrogen (secondary N) is 1. The molecule has 4 nitrogen and oxygen atoms in total. The van der Waals surface area contributed by atoms with Gasteiger partial charge in [-0.05, 0) is 43.2 Å². The van der Waals surface area contributed by atoms with Crippen LogP contribution in [-0.2, 0) is 9.53 Å². The summed E-state index contributed by atoms with van der Waals surface area (Å²) < 4.78 is 19.0. The van der Waals surface area contributed by atoms with Crippen molar-refractivity contribution >= 4 is 29.0 Å². The lowest BCUT2D eigenvalue weighted by atomic mass is 10.2. The predicted octanol–water partition coefficient (Wildman–Crippen LogP) is 3.04. The summed E-state index contributed by atoms with van der Waals surface area (Å²) in [5.74, 6) is 1.25. The highest BCUT2D eigenvalue weighted by atomic mass is 32.2. The van der Waals surface area contributed by atoms with Gasteiger partial charge in [0.15, 0.2) is 0 Å². The van der Waals surface area contributed by atoms with Crippen LogP contribution >= 0.6 is 11.8 Å². The van der Waals surface area contributed by atoms with Gasteiger partial charge in [0, 0.05) is 24.5 Å². The van der Waals surface area contributed by atoms with E-state index in [0.29, 0.717) is 18.2 Å². The van der Waals surface area contributed by atoms with Crippen LogP contribution in [0.5, 0.6) is 0 Å². The van der Waals surface area contributed by atoms with E-state index in [1.54, 1.807) is 11.8 Å². The first-order chi connectivity index (χ1) is 10.1. The molecule has 1 fully saturated rings. The summed E-state index contributed by atoms with van der Waals surface area (Å²) in [6.07, 6.45) is 3.83. The largest absolute Gasteiger partial charge is 0.399 e. The third-order valence-corrected chi connectivity index (χ3v) is 4.47.